The summed E-state index contributed by atoms with van der Waals surface area (Å²) in [5, 5.41) is 4.40. The van der Waals surface area contributed by atoms with Crippen molar-refractivity contribution in [2.75, 3.05) is 13.1 Å². The van der Waals surface area contributed by atoms with E-state index in [2.05, 4.69) is 5.32 Å². The van der Waals surface area contributed by atoms with Crippen LogP contribution in [0.15, 0.2) is 24.3 Å². The van der Waals surface area contributed by atoms with E-state index >= 15 is 0 Å². The number of imide groups is 2. The van der Waals surface area contributed by atoms with E-state index in [1.54, 1.807) is 31.2 Å². The maximum absolute atomic E-state index is 12.2. The first kappa shape index (κ1) is 19.1. The van der Waals surface area contributed by atoms with Crippen molar-refractivity contribution in [3.63, 3.8) is 0 Å². The van der Waals surface area contributed by atoms with Crippen LogP contribution in [0, 0.1) is 0 Å². The standard InChI is InChI=1S/C17H19N3O6/c1-3-18-17(25)19-14(22)10(2)26-13(21)8-9-20-15(23)11-6-4-5-7-12(11)16(20)24/h4-7,10H,3,8-9H2,1-2H3,(H2,18,19,22,25). The number of ether oxygens (including phenoxy) is 1. The lowest BCUT2D eigenvalue weighted by Crippen LogP contribution is -2.44. The first-order valence-electron chi connectivity index (χ1n) is 8.08. The largest absolute Gasteiger partial charge is 0.452 e. The normalized spacial score (nSPS) is 13.8. The highest BCUT2D eigenvalue weighted by Gasteiger charge is 2.35. The lowest BCUT2D eigenvalue weighted by molar-refractivity contribution is -0.154. The van der Waals surface area contributed by atoms with E-state index in [1.807, 2.05) is 5.32 Å². The van der Waals surface area contributed by atoms with Crippen molar-refractivity contribution in [1.29, 1.82) is 0 Å². The lowest BCUT2D eigenvalue weighted by Gasteiger charge is -2.15. The summed E-state index contributed by atoms with van der Waals surface area (Å²) in [5.74, 6) is -2.48. The van der Waals surface area contributed by atoms with Gasteiger partial charge in [0, 0.05) is 13.1 Å². The van der Waals surface area contributed by atoms with Crippen molar-refractivity contribution in [2.24, 2.45) is 0 Å². The molecule has 1 aliphatic heterocycles. The van der Waals surface area contributed by atoms with E-state index in [-0.39, 0.29) is 13.0 Å². The van der Waals surface area contributed by atoms with Crippen LogP contribution in [0.4, 0.5) is 4.79 Å². The monoisotopic (exact) mass is 361 g/mol. The Morgan fingerprint density at radius 3 is 2.23 bits per heavy atom. The van der Waals surface area contributed by atoms with Crippen LogP contribution in [-0.2, 0) is 14.3 Å². The minimum atomic E-state index is -1.19. The average Bonchev–Trinajstić information content (AvgIpc) is 2.84. The minimum absolute atomic E-state index is 0.157. The number of fused-ring (bicyclic) bond motifs is 1. The maximum Gasteiger partial charge on any atom is 0.321 e. The van der Waals surface area contributed by atoms with Gasteiger partial charge in [-0.1, -0.05) is 12.1 Å². The number of urea groups is 1. The Balaban J connectivity index is 1.84. The fraction of sp³-hybridized carbons (Fsp3) is 0.353. The second-order valence-electron chi connectivity index (χ2n) is 5.54. The van der Waals surface area contributed by atoms with Crippen molar-refractivity contribution in [3.8, 4) is 0 Å². The van der Waals surface area contributed by atoms with Crippen LogP contribution >= 0.6 is 0 Å². The van der Waals surface area contributed by atoms with Crippen molar-refractivity contribution in [3.05, 3.63) is 35.4 Å². The number of nitrogens with zero attached hydrogens (tertiary/aromatic N) is 1. The summed E-state index contributed by atoms with van der Waals surface area (Å²) in [5.41, 5.74) is 0.584. The molecule has 1 aliphatic rings. The van der Waals surface area contributed by atoms with Gasteiger partial charge in [0.2, 0.25) is 0 Å². The Morgan fingerprint density at radius 2 is 1.69 bits per heavy atom. The van der Waals surface area contributed by atoms with Crippen molar-refractivity contribution < 1.29 is 28.7 Å². The van der Waals surface area contributed by atoms with Gasteiger partial charge in [-0.3, -0.25) is 29.4 Å². The molecule has 9 heteroatoms. The molecule has 1 heterocycles. The summed E-state index contributed by atoms with van der Waals surface area (Å²) in [4.78, 5) is 60.1. The van der Waals surface area contributed by atoms with Crippen LogP contribution in [0.1, 0.15) is 41.0 Å². The number of carbonyl (C=O) groups excluding carboxylic acids is 5. The van der Waals surface area contributed by atoms with Crippen molar-refractivity contribution in [2.45, 2.75) is 26.4 Å². The molecular weight excluding hydrogens is 342 g/mol. The smallest absolute Gasteiger partial charge is 0.321 e. The summed E-state index contributed by atoms with van der Waals surface area (Å²) < 4.78 is 4.92. The van der Waals surface area contributed by atoms with Crippen molar-refractivity contribution >= 4 is 29.7 Å². The molecule has 0 saturated carbocycles. The molecule has 0 spiro atoms. The van der Waals surface area contributed by atoms with Gasteiger partial charge in [0.1, 0.15) is 0 Å². The molecule has 1 unspecified atom stereocenters. The number of esters is 1. The Hall–Kier alpha value is -3.23. The molecule has 0 fully saturated rings. The Bertz CT molecular complexity index is 726. The molecule has 26 heavy (non-hydrogen) atoms. The maximum atomic E-state index is 12.2. The summed E-state index contributed by atoms with van der Waals surface area (Å²) in [7, 11) is 0. The Labute approximate surface area is 149 Å². The number of amides is 5. The van der Waals surface area contributed by atoms with Crippen LogP contribution in [-0.4, -0.2) is 53.8 Å². The van der Waals surface area contributed by atoms with E-state index in [0.29, 0.717) is 17.7 Å². The van der Waals surface area contributed by atoms with Crippen LogP contribution in [0.2, 0.25) is 0 Å². The summed E-state index contributed by atoms with van der Waals surface area (Å²) in [6, 6.07) is 5.70. The summed E-state index contributed by atoms with van der Waals surface area (Å²) in [6.07, 6.45) is -1.45. The zero-order valence-corrected chi connectivity index (χ0v) is 14.4. The molecule has 1 atom stereocenters. The number of carbonyl (C=O) groups is 5. The SMILES string of the molecule is CCNC(=O)NC(=O)C(C)OC(=O)CCN1C(=O)c2ccccc2C1=O. The topological polar surface area (TPSA) is 122 Å². The summed E-state index contributed by atoms with van der Waals surface area (Å²) in [6.45, 7) is 3.19. The summed E-state index contributed by atoms with van der Waals surface area (Å²) >= 11 is 0. The van der Waals surface area contributed by atoms with Crippen molar-refractivity contribution in [1.82, 2.24) is 15.5 Å². The number of hydrogen-bond acceptors (Lipinski definition) is 6. The number of benzene rings is 1. The number of rotatable bonds is 6. The van der Waals surface area contributed by atoms with Gasteiger partial charge in [-0.05, 0) is 26.0 Å². The molecule has 0 aliphatic carbocycles. The average molecular weight is 361 g/mol. The highest BCUT2D eigenvalue weighted by molar-refractivity contribution is 6.21. The van der Waals surface area contributed by atoms with Crippen LogP contribution < -0.4 is 10.6 Å². The molecule has 2 rings (SSSR count). The van der Waals surface area contributed by atoms with Gasteiger partial charge in [-0.25, -0.2) is 4.79 Å². The van der Waals surface area contributed by atoms with Crippen LogP contribution in [0.3, 0.4) is 0 Å². The second kappa shape index (κ2) is 8.24. The molecule has 1 aromatic carbocycles. The molecule has 0 aromatic heterocycles. The van der Waals surface area contributed by atoms with E-state index in [4.69, 9.17) is 4.74 Å². The molecule has 138 valence electrons. The zero-order valence-electron chi connectivity index (χ0n) is 14.4. The van der Waals surface area contributed by atoms with E-state index < -0.39 is 35.8 Å². The Kier molecular flexibility index (Phi) is 6.05. The van der Waals surface area contributed by atoms with Gasteiger partial charge < -0.3 is 10.1 Å². The predicted octanol–water partition coefficient (Wildman–Crippen LogP) is 0.450. The zero-order chi connectivity index (χ0) is 19.3. The quantitative estimate of drug-likeness (QED) is 0.560. The fourth-order valence-electron chi connectivity index (χ4n) is 2.37. The van der Waals surface area contributed by atoms with Gasteiger partial charge >= 0.3 is 12.0 Å². The molecule has 1 aromatic rings. The third-order valence-corrected chi connectivity index (χ3v) is 3.67. The van der Waals surface area contributed by atoms with Gasteiger partial charge in [-0.2, -0.15) is 0 Å². The molecule has 0 saturated heterocycles. The van der Waals surface area contributed by atoms with Gasteiger partial charge in [-0.15, -0.1) is 0 Å². The predicted molar refractivity (Wildman–Crippen MR) is 89.2 cm³/mol. The first-order valence-corrected chi connectivity index (χ1v) is 8.08. The fourth-order valence-corrected chi connectivity index (χ4v) is 2.37. The van der Waals surface area contributed by atoms with E-state index in [9.17, 15) is 24.0 Å². The molecule has 9 nitrogen and oxygen atoms in total. The first-order chi connectivity index (χ1) is 12.3. The van der Waals surface area contributed by atoms with E-state index in [1.165, 1.54) is 6.92 Å². The molecule has 0 radical (unpaired) electrons. The second-order valence-corrected chi connectivity index (χ2v) is 5.54. The molecular formula is C17H19N3O6. The highest BCUT2D eigenvalue weighted by atomic mass is 16.5. The third kappa shape index (κ3) is 4.24. The van der Waals surface area contributed by atoms with Gasteiger partial charge in [0.05, 0.1) is 17.5 Å². The van der Waals surface area contributed by atoms with Gasteiger partial charge in [0.15, 0.2) is 6.10 Å². The number of nitrogens with one attached hydrogen (secondary N) is 2. The lowest BCUT2D eigenvalue weighted by atomic mass is 10.1. The molecule has 5 amide bonds. The Morgan fingerprint density at radius 1 is 1.12 bits per heavy atom. The van der Waals surface area contributed by atoms with Crippen LogP contribution in [0.25, 0.3) is 0 Å². The van der Waals surface area contributed by atoms with E-state index in [0.717, 1.165) is 4.90 Å². The molecule has 0 bridgehead atoms. The van der Waals surface area contributed by atoms with Crippen LogP contribution in [0.5, 0.6) is 0 Å². The molecule has 2 N–H and O–H groups in total. The third-order valence-electron chi connectivity index (χ3n) is 3.67. The number of hydrogen-bond donors (Lipinski definition) is 2. The van der Waals surface area contributed by atoms with Gasteiger partial charge in [0.25, 0.3) is 17.7 Å². The highest BCUT2D eigenvalue weighted by Crippen LogP contribution is 2.22. The minimum Gasteiger partial charge on any atom is -0.452 e.